The number of fused-ring (bicyclic) bond motifs is 1. The van der Waals surface area contributed by atoms with Crippen LogP contribution in [0.4, 0.5) is 0 Å². The van der Waals surface area contributed by atoms with Crippen LogP contribution in [0.3, 0.4) is 0 Å². The van der Waals surface area contributed by atoms with Crippen molar-refractivity contribution in [2.24, 2.45) is 5.73 Å². The van der Waals surface area contributed by atoms with Crippen LogP contribution in [0.25, 0.3) is 10.1 Å². The zero-order chi connectivity index (χ0) is 12.4. The van der Waals surface area contributed by atoms with Gasteiger partial charge in [0, 0.05) is 4.70 Å². The Kier molecular flexibility index (Phi) is 3.09. The Bertz CT molecular complexity index is 612. The first-order valence-corrected chi connectivity index (χ1v) is 5.83. The largest absolute Gasteiger partial charge is 0.480 e. The molecule has 86 valence electrons. The highest BCUT2D eigenvalue weighted by molar-refractivity contribution is 7.19. The number of carboxylic acid groups (broad SMARTS) is 1. The van der Waals surface area contributed by atoms with Gasteiger partial charge in [0.25, 0.3) is 0 Å². The molecule has 1 heterocycles. The Morgan fingerprint density at radius 2 is 2.29 bits per heavy atom. The van der Waals surface area contributed by atoms with Crippen molar-refractivity contribution in [3.63, 3.8) is 0 Å². The molecule has 0 aliphatic carbocycles. The van der Waals surface area contributed by atoms with E-state index in [1.165, 1.54) is 11.3 Å². The lowest BCUT2D eigenvalue weighted by atomic mass is 10.1. The summed E-state index contributed by atoms with van der Waals surface area (Å²) in [5.74, 6) is -1.01. The maximum absolute atomic E-state index is 10.7. The molecule has 0 radical (unpaired) electrons. The third-order valence-electron chi connectivity index (χ3n) is 2.47. The number of nitriles is 1. The normalized spacial score (nSPS) is 12.2. The highest BCUT2D eigenvalue weighted by Gasteiger charge is 2.12. The molecule has 1 aromatic carbocycles. The van der Waals surface area contributed by atoms with Gasteiger partial charge in [-0.2, -0.15) is 5.26 Å². The predicted molar refractivity (Wildman–Crippen MR) is 65.9 cm³/mol. The van der Waals surface area contributed by atoms with E-state index in [9.17, 15) is 4.79 Å². The monoisotopic (exact) mass is 246 g/mol. The van der Waals surface area contributed by atoms with E-state index in [1.807, 2.05) is 24.3 Å². The highest BCUT2D eigenvalue weighted by Crippen LogP contribution is 2.26. The van der Waals surface area contributed by atoms with Crippen LogP contribution < -0.4 is 5.73 Å². The van der Waals surface area contributed by atoms with Crippen molar-refractivity contribution in [2.45, 2.75) is 12.5 Å². The van der Waals surface area contributed by atoms with Gasteiger partial charge < -0.3 is 10.8 Å². The Morgan fingerprint density at radius 1 is 1.53 bits per heavy atom. The number of carbonyl (C=O) groups is 1. The summed E-state index contributed by atoms with van der Waals surface area (Å²) in [6.45, 7) is 0. The summed E-state index contributed by atoms with van der Waals surface area (Å²) in [4.78, 5) is 11.3. The summed E-state index contributed by atoms with van der Waals surface area (Å²) in [6, 6.07) is 8.65. The fourth-order valence-electron chi connectivity index (χ4n) is 1.60. The van der Waals surface area contributed by atoms with E-state index in [0.717, 1.165) is 15.6 Å². The Morgan fingerprint density at radius 3 is 2.94 bits per heavy atom. The first-order valence-electron chi connectivity index (χ1n) is 5.01. The molecule has 0 aliphatic rings. The molecule has 0 saturated heterocycles. The summed E-state index contributed by atoms with van der Waals surface area (Å²) in [5.41, 5.74) is 6.35. The zero-order valence-corrected chi connectivity index (χ0v) is 9.70. The smallest absolute Gasteiger partial charge is 0.320 e. The van der Waals surface area contributed by atoms with Crippen LogP contribution in [-0.2, 0) is 11.2 Å². The van der Waals surface area contributed by atoms with E-state index in [0.29, 0.717) is 11.3 Å². The van der Waals surface area contributed by atoms with Gasteiger partial charge in [0.2, 0.25) is 0 Å². The van der Waals surface area contributed by atoms with Gasteiger partial charge in [-0.25, -0.2) is 0 Å². The lowest BCUT2D eigenvalue weighted by molar-refractivity contribution is -0.138. The molecule has 1 unspecified atom stereocenters. The Hall–Kier alpha value is -1.90. The quantitative estimate of drug-likeness (QED) is 0.863. The van der Waals surface area contributed by atoms with E-state index < -0.39 is 12.0 Å². The van der Waals surface area contributed by atoms with Crippen LogP contribution in [0.5, 0.6) is 0 Å². The molecule has 0 saturated carbocycles. The third kappa shape index (κ3) is 2.44. The van der Waals surface area contributed by atoms with Crippen LogP contribution in [0.15, 0.2) is 24.3 Å². The number of rotatable bonds is 3. The van der Waals surface area contributed by atoms with Crippen LogP contribution in [0.2, 0.25) is 0 Å². The van der Waals surface area contributed by atoms with Crippen molar-refractivity contribution in [3.8, 4) is 6.07 Å². The molecule has 4 nitrogen and oxygen atoms in total. The molecule has 0 bridgehead atoms. The molecule has 0 spiro atoms. The van der Waals surface area contributed by atoms with Gasteiger partial charge in [-0.15, -0.1) is 11.3 Å². The van der Waals surface area contributed by atoms with Crippen molar-refractivity contribution in [3.05, 3.63) is 34.7 Å². The second-order valence-corrected chi connectivity index (χ2v) is 4.83. The lowest BCUT2D eigenvalue weighted by Crippen LogP contribution is -2.32. The van der Waals surface area contributed by atoms with Crippen LogP contribution in [0.1, 0.15) is 10.4 Å². The van der Waals surface area contributed by atoms with Gasteiger partial charge >= 0.3 is 5.97 Å². The minimum Gasteiger partial charge on any atom is -0.480 e. The van der Waals surface area contributed by atoms with Crippen LogP contribution in [-0.4, -0.2) is 17.1 Å². The van der Waals surface area contributed by atoms with Crippen molar-refractivity contribution in [1.29, 1.82) is 5.26 Å². The number of hydrogen-bond acceptors (Lipinski definition) is 4. The molecule has 2 aromatic rings. The molecule has 1 atom stereocenters. The van der Waals surface area contributed by atoms with Gasteiger partial charge in [-0.3, -0.25) is 4.79 Å². The van der Waals surface area contributed by atoms with Gasteiger partial charge in [0.05, 0.1) is 0 Å². The molecule has 0 aliphatic heterocycles. The molecular weight excluding hydrogens is 236 g/mol. The second-order valence-electron chi connectivity index (χ2n) is 3.74. The first-order chi connectivity index (χ1) is 8.10. The number of hydrogen-bond donors (Lipinski definition) is 2. The number of aliphatic carboxylic acids is 1. The molecule has 0 fully saturated rings. The van der Waals surface area contributed by atoms with Gasteiger partial charge in [-0.1, -0.05) is 12.1 Å². The number of nitrogens with zero attached hydrogens (tertiary/aromatic N) is 1. The SMILES string of the molecule is N#Cc1cc2ccc(CC(N)C(=O)O)cc2s1. The van der Waals surface area contributed by atoms with E-state index in [4.69, 9.17) is 16.1 Å². The van der Waals surface area contributed by atoms with Gasteiger partial charge in [0.15, 0.2) is 0 Å². The molecule has 5 heteroatoms. The van der Waals surface area contributed by atoms with Crippen LogP contribution >= 0.6 is 11.3 Å². The maximum atomic E-state index is 10.7. The number of carboxylic acids is 1. The molecule has 17 heavy (non-hydrogen) atoms. The van der Waals surface area contributed by atoms with Crippen molar-refractivity contribution in [1.82, 2.24) is 0 Å². The predicted octanol–water partition coefficient (Wildman–Crippen LogP) is 1.73. The number of nitrogens with two attached hydrogens (primary N) is 1. The molecule has 3 N–H and O–H groups in total. The summed E-state index contributed by atoms with van der Waals surface area (Å²) in [7, 11) is 0. The summed E-state index contributed by atoms with van der Waals surface area (Å²) >= 11 is 1.40. The molecule has 0 amide bonds. The molecule has 2 rings (SSSR count). The Balaban J connectivity index is 2.31. The average molecular weight is 246 g/mol. The summed E-state index contributed by atoms with van der Waals surface area (Å²) < 4.78 is 0.983. The van der Waals surface area contributed by atoms with Crippen molar-refractivity contribution >= 4 is 27.4 Å². The van der Waals surface area contributed by atoms with Crippen molar-refractivity contribution in [2.75, 3.05) is 0 Å². The highest BCUT2D eigenvalue weighted by atomic mass is 32.1. The minimum atomic E-state index is -1.01. The molecule has 1 aromatic heterocycles. The average Bonchev–Trinajstić information content (AvgIpc) is 2.70. The summed E-state index contributed by atoms with van der Waals surface area (Å²) in [5, 5.41) is 18.5. The van der Waals surface area contributed by atoms with E-state index in [-0.39, 0.29) is 0 Å². The number of thiophene rings is 1. The topological polar surface area (TPSA) is 87.1 Å². The molecular formula is C12H10N2O2S. The van der Waals surface area contributed by atoms with Crippen LogP contribution in [0, 0.1) is 11.3 Å². The van der Waals surface area contributed by atoms with E-state index >= 15 is 0 Å². The summed E-state index contributed by atoms with van der Waals surface area (Å²) in [6.07, 6.45) is 0.297. The standard InChI is InChI=1S/C12H10N2O2S/c13-6-9-5-8-2-1-7(4-11(8)17-9)3-10(14)12(15)16/h1-2,4-5,10H,3,14H2,(H,15,16). The fraction of sp³-hybridized carbons (Fsp3) is 0.167. The van der Waals surface area contributed by atoms with E-state index in [2.05, 4.69) is 6.07 Å². The van der Waals surface area contributed by atoms with Crippen molar-refractivity contribution < 1.29 is 9.90 Å². The first kappa shape index (κ1) is 11.6. The minimum absolute atomic E-state index is 0.297. The Labute approximate surface area is 102 Å². The third-order valence-corrected chi connectivity index (χ3v) is 3.47. The van der Waals surface area contributed by atoms with E-state index in [1.54, 1.807) is 0 Å². The maximum Gasteiger partial charge on any atom is 0.320 e. The second kappa shape index (κ2) is 4.53. The van der Waals surface area contributed by atoms with Gasteiger partial charge in [-0.05, 0) is 29.5 Å². The zero-order valence-electron chi connectivity index (χ0n) is 8.88. The lowest BCUT2D eigenvalue weighted by Gasteiger charge is -2.05. The number of benzene rings is 1. The fourth-order valence-corrected chi connectivity index (χ4v) is 2.52. The van der Waals surface area contributed by atoms with Gasteiger partial charge in [0.1, 0.15) is 17.0 Å².